The normalized spacial score (nSPS) is 16.6. The number of alkyl halides is 15. The molecule has 4 nitrogen and oxygen atoms in total. The Morgan fingerprint density at radius 3 is 1.31 bits per heavy atom. The zero-order chi connectivity index (χ0) is 24.1. The van der Waals surface area contributed by atoms with Crippen LogP contribution >= 0.6 is 0 Å². The molecule has 0 aromatic carbocycles. The van der Waals surface area contributed by atoms with Crippen molar-refractivity contribution in [3.05, 3.63) is 10.1 Å². The van der Waals surface area contributed by atoms with E-state index in [0.29, 0.717) is 0 Å². The second kappa shape index (κ2) is 7.13. The number of hydrogen-bond acceptors (Lipinski definition) is 3. The van der Waals surface area contributed by atoms with Crippen LogP contribution in [0.2, 0.25) is 0 Å². The minimum absolute atomic E-state index is 0.134. The first-order valence-corrected chi connectivity index (χ1v) is 6.46. The zero-order valence-corrected chi connectivity index (χ0v) is 13.1. The summed E-state index contributed by atoms with van der Waals surface area (Å²) in [4.78, 5) is 13.0. The molecule has 0 aromatic heterocycles. The summed E-state index contributed by atoms with van der Waals surface area (Å²) < 4.78 is 193. The predicted molar refractivity (Wildman–Crippen MR) is 57.9 cm³/mol. The number of halogens is 15. The average molecular weight is 473 g/mol. The van der Waals surface area contributed by atoms with Crippen LogP contribution in [0.4, 0.5) is 65.9 Å². The minimum Gasteiger partial charge on any atom is -0.311 e. The summed E-state index contributed by atoms with van der Waals surface area (Å²) in [7, 11) is 0. The Morgan fingerprint density at radius 2 is 1.00 bits per heavy atom. The molecule has 0 heterocycles. The maximum atomic E-state index is 13.3. The highest BCUT2D eigenvalue weighted by atomic mass is 19.4. The molecule has 0 saturated carbocycles. The Bertz CT molecular complexity index is 614. The standard InChI is InChI=1S/C10H6F15NO3/c1-3(29-26(27)28)2-4(11,12)5(13,14)6(15,16)7(17,18)8(19,20)9(21,22)10(23,24)25/h3H,2H2,1H3. The lowest BCUT2D eigenvalue weighted by Crippen LogP contribution is -2.72. The molecule has 0 N–H and O–H groups in total. The third-order valence-electron chi connectivity index (χ3n) is 3.20. The molecule has 174 valence electrons. The van der Waals surface area contributed by atoms with Gasteiger partial charge in [-0.05, 0) is 6.92 Å². The molecule has 0 aliphatic heterocycles. The first kappa shape index (κ1) is 27.1. The summed E-state index contributed by atoms with van der Waals surface area (Å²) in [6, 6.07) is 0. The fourth-order valence-corrected chi connectivity index (χ4v) is 1.67. The average Bonchev–Trinajstić information content (AvgIpc) is 2.43. The highest BCUT2D eigenvalue weighted by molar-refractivity contribution is 5.13. The lowest BCUT2D eigenvalue weighted by molar-refractivity contribution is -0.768. The van der Waals surface area contributed by atoms with Crippen LogP contribution in [0.3, 0.4) is 0 Å². The van der Waals surface area contributed by atoms with E-state index in [-0.39, 0.29) is 6.92 Å². The Balaban J connectivity index is 6.32. The second-order valence-corrected chi connectivity index (χ2v) is 5.42. The van der Waals surface area contributed by atoms with Gasteiger partial charge in [-0.15, -0.1) is 10.1 Å². The molecule has 0 radical (unpaired) electrons. The summed E-state index contributed by atoms with van der Waals surface area (Å²) in [5, 5.41) is 7.90. The predicted octanol–water partition coefficient (Wildman–Crippen LogP) is 5.35. The van der Waals surface area contributed by atoms with Crippen LogP contribution in [-0.4, -0.2) is 52.9 Å². The second-order valence-electron chi connectivity index (χ2n) is 5.42. The first-order valence-electron chi connectivity index (χ1n) is 6.46. The van der Waals surface area contributed by atoms with Gasteiger partial charge in [0.1, 0.15) is 6.10 Å². The number of rotatable bonds is 9. The van der Waals surface area contributed by atoms with E-state index in [1.807, 2.05) is 0 Å². The highest BCUT2D eigenvalue weighted by Gasteiger charge is 2.93. The molecule has 0 aliphatic rings. The zero-order valence-electron chi connectivity index (χ0n) is 13.1. The lowest BCUT2D eigenvalue weighted by Gasteiger charge is -2.41. The lowest BCUT2D eigenvalue weighted by atomic mass is 9.89. The SMILES string of the molecule is CC(CC(F)(F)C(F)(F)C(F)(F)C(F)(F)C(F)(F)C(F)(F)C(F)(F)F)O[N+](=O)[O-]. The number of nitrogens with zero attached hydrogens (tertiary/aromatic N) is 1. The molecule has 0 amide bonds. The Kier molecular flexibility index (Phi) is 6.68. The fraction of sp³-hybridized carbons (Fsp3) is 1.00. The van der Waals surface area contributed by atoms with E-state index in [4.69, 9.17) is 0 Å². The molecule has 1 unspecified atom stereocenters. The summed E-state index contributed by atoms with van der Waals surface area (Å²) >= 11 is 0. The molecule has 0 aliphatic carbocycles. The van der Waals surface area contributed by atoms with E-state index < -0.39 is 59.3 Å². The van der Waals surface area contributed by atoms with Crippen LogP contribution < -0.4 is 0 Å². The monoisotopic (exact) mass is 473 g/mol. The van der Waals surface area contributed by atoms with Gasteiger partial charge in [0, 0.05) is 6.42 Å². The van der Waals surface area contributed by atoms with E-state index >= 15 is 0 Å². The van der Waals surface area contributed by atoms with Gasteiger partial charge in [0.25, 0.3) is 5.09 Å². The summed E-state index contributed by atoms with van der Waals surface area (Å²) in [6.07, 6.45) is -13.4. The van der Waals surface area contributed by atoms with Gasteiger partial charge in [-0.25, -0.2) is 0 Å². The smallest absolute Gasteiger partial charge is 0.311 e. The van der Waals surface area contributed by atoms with E-state index in [1.54, 1.807) is 0 Å². The minimum atomic E-state index is -8.39. The third-order valence-corrected chi connectivity index (χ3v) is 3.20. The van der Waals surface area contributed by atoms with Gasteiger partial charge in [-0.3, -0.25) is 0 Å². The topological polar surface area (TPSA) is 52.4 Å². The van der Waals surface area contributed by atoms with E-state index in [1.165, 1.54) is 0 Å². The van der Waals surface area contributed by atoms with Gasteiger partial charge in [-0.2, -0.15) is 65.9 Å². The molecule has 0 aromatic rings. The largest absolute Gasteiger partial charge is 0.460 e. The van der Waals surface area contributed by atoms with E-state index in [2.05, 4.69) is 4.84 Å². The van der Waals surface area contributed by atoms with Gasteiger partial charge in [-0.1, -0.05) is 0 Å². The van der Waals surface area contributed by atoms with Gasteiger partial charge in [0.2, 0.25) is 0 Å². The third kappa shape index (κ3) is 4.08. The molecule has 19 heteroatoms. The Labute approximate surface area is 148 Å². The van der Waals surface area contributed by atoms with Crippen LogP contribution in [0.25, 0.3) is 0 Å². The van der Waals surface area contributed by atoms with Crippen LogP contribution in [0, 0.1) is 10.1 Å². The van der Waals surface area contributed by atoms with Crippen molar-refractivity contribution in [2.75, 3.05) is 0 Å². The maximum absolute atomic E-state index is 13.3. The number of hydrogen-bond donors (Lipinski definition) is 0. The molecule has 0 fully saturated rings. The molecular formula is C10H6F15NO3. The summed E-state index contributed by atoms with van der Waals surface area (Å²) in [6.45, 7) is 0.134. The fourth-order valence-electron chi connectivity index (χ4n) is 1.67. The Morgan fingerprint density at radius 1 is 0.690 bits per heavy atom. The van der Waals surface area contributed by atoms with Gasteiger partial charge in [0.05, 0.1) is 0 Å². The Hall–Kier alpha value is -1.85. The quantitative estimate of drug-likeness (QED) is 0.258. The molecule has 1 atom stereocenters. The van der Waals surface area contributed by atoms with Gasteiger partial charge < -0.3 is 4.84 Å². The highest BCUT2D eigenvalue weighted by Crippen LogP contribution is 2.62. The van der Waals surface area contributed by atoms with Gasteiger partial charge in [0.15, 0.2) is 0 Å². The van der Waals surface area contributed by atoms with Gasteiger partial charge >= 0.3 is 41.7 Å². The van der Waals surface area contributed by atoms with Crippen molar-refractivity contribution in [3.8, 4) is 0 Å². The summed E-state index contributed by atoms with van der Waals surface area (Å²) in [5.41, 5.74) is 0. The molecule has 0 saturated heterocycles. The maximum Gasteiger partial charge on any atom is 0.460 e. The summed E-state index contributed by atoms with van der Waals surface area (Å²) in [5.74, 6) is -47.3. The van der Waals surface area contributed by atoms with Crippen LogP contribution in [-0.2, 0) is 4.84 Å². The molecular weight excluding hydrogens is 467 g/mol. The van der Waals surface area contributed by atoms with Crippen LogP contribution in [0.15, 0.2) is 0 Å². The van der Waals surface area contributed by atoms with Crippen molar-refractivity contribution in [2.45, 2.75) is 61.2 Å². The van der Waals surface area contributed by atoms with Crippen molar-refractivity contribution in [3.63, 3.8) is 0 Å². The van der Waals surface area contributed by atoms with Crippen molar-refractivity contribution in [2.24, 2.45) is 0 Å². The van der Waals surface area contributed by atoms with Crippen molar-refractivity contribution >= 4 is 0 Å². The first-order chi connectivity index (χ1) is 12.3. The van der Waals surface area contributed by atoms with Crippen LogP contribution in [0.5, 0.6) is 0 Å². The molecule has 0 bridgehead atoms. The molecule has 0 spiro atoms. The van der Waals surface area contributed by atoms with Crippen molar-refractivity contribution < 1.29 is 75.8 Å². The van der Waals surface area contributed by atoms with E-state index in [0.717, 1.165) is 0 Å². The van der Waals surface area contributed by atoms with Crippen LogP contribution in [0.1, 0.15) is 13.3 Å². The van der Waals surface area contributed by atoms with Crippen molar-refractivity contribution in [1.82, 2.24) is 0 Å². The molecule has 0 rings (SSSR count). The molecule has 29 heavy (non-hydrogen) atoms. The van der Waals surface area contributed by atoms with E-state index in [9.17, 15) is 76.0 Å². The van der Waals surface area contributed by atoms with Crippen molar-refractivity contribution in [1.29, 1.82) is 0 Å².